The van der Waals surface area contributed by atoms with Crippen LogP contribution < -0.4 is 0 Å². The molecule has 0 radical (unpaired) electrons. The molecule has 1 atom stereocenters. The van der Waals surface area contributed by atoms with E-state index in [0.29, 0.717) is 13.1 Å². The quantitative estimate of drug-likeness (QED) is 0.719. The Kier molecular flexibility index (Phi) is 6.99. The van der Waals surface area contributed by atoms with E-state index in [-0.39, 0.29) is 11.5 Å². The number of hydrogen-bond donors (Lipinski definition) is 0. The van der Waals surface area contributed by atoms with E-state index in [4.69, 9.17) is 4.74 Å². The molecule has 0 saturated carbocycles. The smallest absolute Gasteiger partial charge is 0.253 e. The molecule has 0 N–H and O–H groups in total. The first-order valence-electron chi connectivity index (χ1n) is 11.8. The number of likely N-dealkylation sites (tertiary alicyclic amines) is 1. The highest BCUT2D eigenvalue weighted by Crippen LogP contribution is 2.33. The minimum atomic E-state index is -0.395. The van der Waals surface area contributed by atoms with E-state index in [9.17, 15) is 4.79 Å². The third-order valence-electron chi connectivity index (χ3n) is 6.80. The summed E-state index contributed by atoms with van der Waals surface area (Å²) in [5, 5.41) is 0. The molecule has 0 bridgehead atoms. The molecule has 2 aromatic carbocycles. The first kappa shape index (κ1) is 23.0. The molecule has 1 spiro atoms. The summed E-state index contributed by atoms with van der Waals surface area (Å²) in [6.45, 7) is 9.49. The number of nitrogens with zero attached hydrogens (tertiary/aromatic N) is 3. The molecule has 2 aliphatic heterocycles. The number of ether oxygens (including phenoxy) is 1. The van der Waals surface area contributed by atoms with Crippen molar-refractivity contribution in [3.8, 4) is 0 Å². The highest BCUT2D eigenvalue weighted by Gasteiger charge is 2.44. The second-order valence-electron chi connectivity index (χ2n) is 9.94. The molecule has 2 fully saturated rings. The van der Waals surface area contributed by atoms with Crippen molar-refractivity contribution in [2.75, 3.05) is 40.3 Å². The molecule has 5 nitrogen and oxygen atoms in total. The van der Waals surface area contributed by atoms with Crippen LogP contribution in [0, 0.1) is 13.8 Å². The topological polar surface area (TPSA) is 36.0 Å². The van der Waals surface area contributed by atoms with Crippen LogP contribution in [0.2, 0.25) is 0 Å². The standard InChI is InChI=1S/C27H37N3O2/c1-21-14-22(2)16-24(15-21)18-30-12-10-27(11-13-30)20-28(3)19-25(32-27)26(31)29(4)17-23-8-6-5-7-9-23/h5-9,14-16,25H,10-13,17-20H2,1-4H3/t25-/m1/s1. The lowest BCUT2D eigenvalue weighted by Crippen LogP contribution is -2.61. The fraction of sp³-hybridized carbons (Fsp3) is 0.519. The van der Waals surface area contributed by atoms with Crippen molar-refractivity contribution < 1.29 is 9.53 Å². The molecular formula is C27H37N3O2. The van der Waals surface area contributed by atoms with Gasteiger partial charge in [0.15, 0.2) is 0 Å². The van der Waals surface area contributed by atoms with Crippen molar-refractivity contribution in [3.05, 3.63) is 70.8 Å². The van der Waals surface area contributed by atoms with Crippen LogP contribution >= 0.6 is 0 Å². The summed E-state index contributed by atoms with van der Waals surface area (Å²) in [6.07, 6.45) is 1.54. The average molecular weight is 436 g/mol. The zero-order chi connectivity index (χ0) is 22.7. The Morgan fingerprint density at radius 1 is 1.06 bits per heavy atom. The van der Waals surface area contributed by atoms with Gasteiger partial charge in [0.05, 0.1) is 5.60 Å². The summed E-state index contributed by atoms with van der Waals surface area (Å²) in [6, 6.07) is 17.0. The van der Waals surface area contributed by atoms with Gasteiger partial charge in [-0.3, -0.25) is 9.69 Å². The van der Waals surface area contributed by atoms with Crippen molar-refractivity contribution in [3.63, 3.8) is 0 Å². The summed E-state index contributed by atoms with van der Waals surface area (Å²) in [5.74, 6) is 0.0810. The molecule has 0 aliphatic carbocycles. The highest BCUT2D eigenvalue weighted by atomic mass is 16.5. The van der Waals surface area contributed by atoms with E-state index >= 15 is 0 Å². The van der Waals surface area contributed by atoms with Crippen molar-refractivity contribution >= 4 is 5.91 Å². The maximum Gasteiger partial charge on any atom is 0.253 e. The first-order chi connectivity index (χ1) is 15.3. The third-order valence-corrected chi connectivity index (χ3v) is 6.80. The molecule has 32 heavy (non-hydrogen) atoms. The lowest BCUT2D eigenvalue weighted by Gasteiger charge is -2.49. The Morgan fingerprint density at radius 2 is 1.72 bits per heavy atom. The molecule has 0 aromatic heterocycles. The zero-order valence-electron chi connectivity index (χ0n) is 20.0. The molecule has 1 amide bonds. The number of morpholine rings is 1. The minimum Gasteiger partial charge on any atom is -0.359 e. The Balaban J connectivity index is 1.36. The van der Waals surface area contributed by atoms with Crippen LogP contribution in [0.25, 0.3) is 0 Å². The Hall–Kier alpha value is -2.21. The van der Waals surface area contributed by atoms with Gasteiger partial charge in [-0.05, 0) is 44.9 Å². The fourth-order valence-electron chi connectivity index (χ4n) is 5.34. The molecule has 172 valence electrons. The van der Waals surface area contributed by atoms with Crippen LogP contribution in [0.1, 0.15) is 35.1 Å². The number of aryl methyl sites for hydroxylation is 2. The third kappa shape index (κ3) is 5.58. The Bertz CT molecular complexity index is 902. The zero-order valence-corrected chi connectivity index (χ0v) is 20.0. The van der Waals surface area contributed by atoms with E-state index in [0.717, 1.165) is 44.6 Å². The fourth-order valence-corrected chi connectivity index (χ4v) is 5.34. The largest absolute Gasteiger partial charge is 0.359 e. The maximum atomic E-state index is 13.2. The summed E-state index contributed by atoms with van der Waals surface area (Å²) < 4.78 is 6.58. The monoisotopic (exact) mass is 435 g/mol. The van der Waals surface area contributed by atoms with E-state index in [1.807, 2.05) is 30.1 Å². The van der Waals surface area contributed by atoms with Gasteiger partial charge in [-0.1, -0.05) is 59.7 Å². The maximum absolute atomic E-state index is 13.2. The van der Waals surface area contributed by atoms with Gasteiger partial charge in [0.25, 0.3) is 5.91 Å². The molecule has 2 saturated heterocycles. The number of benzene rings is 2. The number of piperidine rings is 1. The van der Waals surface area contributed by atoms with Gasteiger partial charge in [-0.15, -0.1) is 0 Å². The number of rotatable bonds is 5. The second kappa shape index (κ2) is 9.74. The van der Waals surface area contributed by atoms with Gasteiger partial charge in [-0.25, -0.2) is 0 Å². The van der Waals surface area contributed by atoms with Gasteiger partial charge in [0, 0.05) is 46.3 Å². The van der Waals surface area contributed by atoms with Crippen molar-refractivity contribution in [1.29, 1.82) is 0 Å². The molecule has 5 heteroatoms. The van der Waals surface area contributed by atoms with Crippen LogP contribution in [-0.2, 0) is 22.6 Å². The number of likely N-dealkylation sites (N-methyl/N-ethyl adjacent to an activating group) is 2. The first-order valence-corrected chi connectivity index (χ1v) is 11.8. The van der Waals surface area contributed by atoms with Gasteiger partial charge in [-0.2, -0.15) is 0 Å². The van der Waals surface area contributed by atoms with Gasteiger partial charge >= 0.3 is 0 Å². The van der Waals surface area contributed by atoms with E-state index in [2.05, 4.69) is 61.0 Å². The normalized spacial score (nSPS) is 21.6. The summed E-state index contributed by atoms with van der Waals surface area (Å²) >= 11 is 0. The van der Waals surface area contributed by atoms with Crippen LogP contribution in [-0.4, -0.2) is 72.6 Å². The number of hydrogen-bond acceptors (Lipinski definition) is 4. The molecule has 4 rings (SSSR count). The van der Waals surface area contributed by atoms with Crippen molar-refractivity contribution in [2.45, 2.75) is 51.5 Å². The van der Waals surface area contributed by atoms with E-state index in [1.54, 1.807) is 0 Å². The Labute approximate surface area is 193 Å². The minimum absolute atomic E-state index is 0.0810. The van der Waals surface area contributed by atoms with Crippen molar-refractivity contribution in [2.24, 2.45) is 0 Å². The summed E-state index contributed by atoms with van der Waals surface area (Å²) in [4.78, 5) is 19.8. The molecule has 2 aliphatic rings. The molecular weight excluding hydrogens is 398 g/mol. The molecule has 2 aromatic rings. The van der Waals surface area contributed by atoms with Crippen molar-refractivity contribution in [1.82, 2.24) is 14.7 Å². The van der Waals surface area contributed by atoms with Crippen LogP contribution in [0.15, 0.2) is 48.5 Å². The summed E-state index contributed by atoms with van der Waals surface area (Å²) in [5.41, 5.74) is 4.95. The number of carbonyl (C=O) groups excluding carboxylic acids is 1. The number of amides is 1. The summed E-state index contributed by atoms with van der Waals surface area (Å²) in [7, 11) is 4.00. The lowest BCUT2D eigenvalue weighted by molar-refractivity contribution is -0.188. The van der Waals surface area contributed by atoms with Crippen LogP contribution in [0.3, 0.4) is 0 Å². The highest BCUT2D eigenvalue weighted by molar-refractivity contribution is 5.81. The molecule has 0 unspecified atom stereocenters. The van der Waals surface area contributed by atoms with Crippen LogP contribution in [0.4, 0.5) is 0 Å². The van der Waals surface area contributed by atoms with Gasteiger partial charge in [0.2, 0.25) is 0 Å². The van der Waals surface area contributed by atoms with E-state index in [1.165, 1.54) is 16.7 Å². The predicted molar refractivity (Wildman–Crippen MR) is 128 cm³/mol. The van der Waals surface area contributed by atoms with E-state index < -0.39 is 6.10 Å². The number of carbonyl (C=O) groups is 1. The second-order valence-corrected chi connectivity index (χ2v) is 9.94. The average Bonchev–Trinajstić information content (AvgIpc) is 2.74. The predicted octanol–water partition coefficient (Wildman–Crippen LogP) is 3.63. The van der Waals surface area contributed by atoms with Gasteiger partial charge < -0.3 is 14.5 Å². The van der Waals surface area contributed by atoms with Gasteiger partial charge in [0.1, 0.15) is 6.10 Å². The lowest BCUT2D eigenvalue weighted by atomic mass is 9.88. The molecule has 2 heterocycles. The van der Waals surface area contributed by atoms with Crippen LogP contribution in [0.5, 0.6) is 0 Å². The SMILES string of the molecule is Cc1cc(C)cc(CN2CCC3(CC2)CN(C)C[C@H](C(=O)N(C)Cc2ccccc2)O3)c1. The Morgan fingerprint density at radius 3 is 2.38 bits per heavy atom.